The summed E-state index contributed by atoms with van der Waals surface area (Å²) in [5, 5.41) is 3.61. The van der Waals surface area contributed by atoms with Gasteiger partial charge < -0.3 is 11.1 Å². The van der Waals surface area contributed by atoms with E-state index in [0.29, 0.717) is 6.04 Å². The minimum Gasteiger partial charge on any atom is -0.399 e. The molecule has 98 valence electrons. The van der Waals surface area contributed by atoms with Crippen LogP contribution in [0, 0.1) is 0 Å². The zero-order valence-electron chi connectivity index (χ0n) is 10.3. The summed E-state index contributed by atoms with van der Waals surface area (Å²) in [6, 6.07) is 12.7. The van der Waals surface area contributed by atoms with Crippen molar-refractivity contribution in [2.75, 3.05) is 11.1 Å². The second kappa shape index (κ2) is 5.17. The number of rotatable bonds is 2. The largest absolute Gasteiger partial charge is 0.399 e. The molecule has 0 bridgehead atoms. The van der Waals surface area contributed by atoms with Crippen LogP contribution >= 0.6 is 31.9 Å². The second-order valence-corrected chi connectivity index (χ2v) is 6.59. The molecule has 0 saturated heterocycles. The maximum Gasteiger partial charge on any atom is 0.0520 e. The summed E-state index contributed by atoms with van der Waals surface area (Å²) < 4.78 is 2.16. The van der Waals surface area contributed by atoms with Gasteiger partial charge >= 0.3 is 0 Å². The van der Waals surface area contributed by atoms with Crippen LogP contribution in [-0.2, 0) is 6.42 Å². The first kappa shape index (κ1) is 13.0. The first-order valence-corrected chi connectivity index (χ1v) is 7.82. The molecule has 3 rings (SSSR count). The zero-order valence-corrected chi connectivity index (χ0v) is 13.5. The molecule has 0 aromatic heterocycles. The lowest BCUT2D eigenvalue weighted by molar-refractivity contribution is 0.761. The molecule has 0 aliphatic heterocycles. The lowest BCUT2D eigenvalue weighted by Gasteiger charge is -2.17. The highest BCUT2D eigenvalue weighted by molar-refractivity contribution is 9.11. The quantitative estimate of drug-likeness (QED) is 0.726. The standard InChI is InChI=1S/C15H14Br2N2/c16-10-2-5-13(17)15(8-10)19-14-6-1-9-7-11(18)3-4-12(9)14/h2-5,7-8,14,19H,1,6,18H2. The van der Waals surface area contributed by atoms with E-state index in [-0.39, 0.29) is 0 Å². The third-order valence-electron chi connectivity index (χ3n) is 3.50. The van der Waals surface area contributed by atoms with E-state index < -0.39 is 0 Å². The van der Waals surface area contributed by atoms with Crippen molar-refractivity contribution in [3.05, 3.63) is 56.5 Å². The van der Waals surface area contributed by atoms with Gasteiger partial charge in [0.2, 0.25) is 0 Å². The van der Waals surface area contributed by atoms with Gasteiger partial charge in [-0.15, -0.1) is 0 Å². The van der Waals surface area contributed by atoms with Gasteiger partial charge in [-0.2, -0.15) is 0 Å². The van der Waals surface area contributed by atoms with Gasteiger partial charge in [-0.1, -0.05) is 22.0 Å². The Morgan fingerprint density at radius 1 is 1.11 bits per heavy atom. The van der Waals surface area contributed by atoms with Crippen LogP contribution in [0.1, 0.15) is 23.6 Å². The maximum absolute atomic E-state index is 5.84. The Morgan fingerprint density at radius 3 is 2.79 bits per heavy atom. The topological polar surface area (TPSA) is 38.0 Å². The fraction of sp³-hybridized carbons (Fsp3) is 0.200. The van der Waals surface area contributed by atoms with Crippen molar-refractivity contribution in [2.45, 2.75) is 18.9 Å². The molecule has 19 heavy (non-hydrogen) atoms. The number of nitrogen functional groups attached to an aromatic ring is 1. The smallest absolute Gasteiger partial charge is 0.0520 e. The normalized spacial score (nSPS) is 17.3. The Morgan fingerprint density at radius 2 is 1.95 bits per heavy atom. The van der Waals surface area contributed by atoms with Crippen molar-refractivity contribution >= 4 is 43.2 Å². The van der Waals surface area contributed by atoms with Gasteiger partial charge in [-0.25, -0.2) is 0 Å². The van der Waals surface area contributed by atoms with E-state index in [2.05, 4.69) is 55.4 Å². The Bertz CT molecular complexity index is 626. The SMILES string of the molecule is Nc1ccc2c(c1)CCC2Nc1cc(Br)ccc1Br. The van der Waals surface area contributed by atoms with E-state index in [0.717, 1.165) is 33.2 Å². The van der Waals surface area contributed by atoms with Crippen LogP contribution < -0.4 is 11.1 Å². The fourth-order valence-corrected chi connectivity index (χ4v) is 3.31. The second-order valence-electron chi connectivity index (χ2n) is 4.82. The van der Waals surface area contributed by atoms with Crippen LogP contribution in [-0.4, -0.2) is 0 Å². The molecule has 1 aliphatic rings. The van der Waals surface area contributed by atoms with Crippen LogP contribution in [0.25, 0.3) is 0 Å². The monoisotopic (exact) mass is 380 g/mol. The lowest BCUT2D eigenvalue weighted by Crippen LogP contribution is -2.07. The molecule has 1 aliphatic carbocycles. The number of benzene rings is 2. The van der Waals surface area contributed by atoms with E-state index in [1.54, 1.807) is 0 Å². The summed E-state index contributed by atoms with van der Waals surface area (Å²) in [7, 11) is 0. The minimum atomic E-state index is 0.362. The van der Waals surface area contributed by atoms with Crippen LogP contribution in [0.5, 0.6) is 0 Å². The Hall–Kier alpha value is -1.000. The number of nitrogens with one attached hydrogen (secondary N) is 1. The van der Waals surface area contributed by atoms with Crippen molar-refractivity contribution < 1.29 is 0 Å². The van der Waals surface area contributed by atoms with E-state index in [1.807, 2.05) is 18.2 Å². The van der Waals surface area contributed by atoms with Crippen LogP contribution in [0.3, 0.4) is 0 Å². The molecule has 0 radical (unpaired) electrons. The van der Waals surface area contributed by atoms with Gasteiger partial charge in [0.1, 0.15) is 0 Å². The summed E-state index contributed by atoms with van der Waals surface area (Å²) in [6.45, 7) is 0. The summed E-state index contributed by atoms with van der Waals surface area (Å²) in [5.74, 6) is 0. The molecule has 0 amide bonds. The molecule has 0 heterocycles. The molecule has 2 nitrogen and oxygen atoms in total. The molecule has 3 N–H and O–H groups in total. The predicted octanol–water partition coefficient (Wildman–Crippen LogP) is 4.89. The van der Waals surface area contributed by atoms with Crippen molar-refractivity contribution in [3.8, 4) is 0 Å². The lowest BCUT2D eigenvalue weighted by atomic mass is 10.1. The fourth-order valence-electron chi connectivity index (χ4n) is 2.58. The molecule has 2 aromatic rings. The molecule has 0 fully saturated rings. The molecular weight excluding hydrogens is 368 g/mol. The number of halogens is 2. The average molecular weight is 382 g/mol. The van der Waals surface area contributed by atoms with Gasteiger partial charge in [0.05, 0.1) is 11.7 Å². The van der Waals surface area contributed by atoms with Gasteiger partial charge in [-0.05, 0) is 70.2 Å². The van der Waals surface area contributed by atoms with Crippen molar-refractivity contribution in [1.82, 2.24) is 0 Å². The zero-order chi connectivity index (χ0) is 13.4. The summed E-state index contributed by atoms with van der Waals surface area (Å²) in [6.07, 6.45) is 2.20. The van der Waals surface area contributed by atoms with E-state index in [4.69, 9.17) is 5.73 Å². The number of fused-ring (bicyclic) bond motifs is 1. The third kappa shape index (κ3) is 2.65. The molecule has 0 spiro atoms. The van der Waals surface area contributed by atoms with Gasteiger partial charge in [0.15, 0.2) is 0 Å². The van der Waals surface area contributed by atoms with Crippen molar-refractivity contribution in [3.63, 3.8) is 0 Å². The molecule has 1 atom stereocenters. The number of hydrogen-bond acceptors (Lipinski definition) is 2. The molecule has 4 heteroatoms. The van der Waals surface area contributed by atoms with Crippen molar-refractivity contribution in [2.24, 2.45) is 0 Å². The Labute approximate surface area is 129 Å². The van der Waals surface area contributed by atoms with E-state index in [1.165, 1.54) is 11.1 Å². The highest BCUT2D eigenvalue weighted by Gasteiger charge is 2.22. The Kier molecular flexibility index (Phi) is 3.54. The first-order valence-electron chi connectivity index (χ1n) is 6.23. The Balaban J connectivity index is 1.88. The molecule has 1 unspecified atom stereocenters. The first-order chi connectivity index (χ1) is 9.13. The highest BCUT2D eigenvalue weighted by atomic mass is 79.9. The van der Waals surface area contributed by atoms with Crippen molar-refractivity contribution in [1.29, 1.82) is 0 Å². The predicted molar refractivity (Wildman–Crippen MR) is 87.4 cm³/mol. The van der Waals surface area contributed by atoms with Crippen LogP contribution in [0.15, 0.2) is 45.3 Å². The average Bonchev–Trinajstić information content (AvgIpc) is 2.76. The third-order valence-corrected chi connectivity index (χ3v) is 4.69. The maximum atomic E-state index is 5.84. The van der Waals surface area contributed by atoms with E-state index in [9.17, 15) is 0 Å². The van der Waals surface area contributed by atoms with Crippen LogP contribution in [0.4, 0.5) is 11.4 Å². The van der Waals surface area contributed by atoms with Gasteiger partial charge in [-0.3, -0.25) is 0 Å². The molecule has 0 saturated carbocycles. The highest BCUT2D eigenvalue weighted by Crippen LogP contribution is 2.37. The minimum absolute atomic E-state index is 0.362. The summed E-state index contributed by atoms with van der Waals surface area (Å²) >= 11 is 7.10. The summed E-state index contributed by atoms with van der Waals surface area (Å²) in [4.78, 5) is 0. The van der Waals surface area contributed by atoms with Gasteiger partial charge in [0, 0.05) is 14.6 Å². The van der Waals surface area contributed by atoms with E-state index >= 15 is 0 Å². The number of aryl methyl sites for hydroxylation is 1. The number of nitrogens with two attached hydrogens (primary N) is 1. The number of hydrogen-bond donors (Lipinski definition) is 2. The molecule has 2 aromatic carbocycles. The summed E-state index contributed by atoms with van der Waals surface area (Å²) in [5.41, 5.74) is 10.5. The van der Waals surface area contributed by atoms with Gasteiger partial charge in [0.25, 0.3) is 0 Å². The number of anilines is 2. The van der Waals surface area contributed by atoms with Crippen LogP contribution in [0.2, 0.25) is 0 Å². The molecular formula is C15H14Br2N2.